The van der Waals surface area contributed by atoms with Crippen LogP contribution in [0.25, 0.3) is 0 Å². The molecule has 4 nitrogen and oxygen atoms in total. The smallest absolute Gasteiger partial charge is 0.243 e. The molecule has 0 aromatic heterocycles. The van der Waals surface area contributed by atoms with E-state index >= 15 is 0 Å². The molecule has 0 aliphatic carbocycles. The van der Waals surface area contributed by atoms with Crippen molar-refractivity contribution < 1.29 is 12.8 Å². The van der Waals surface area contributed by atoms with Gasteiger partial charge in [-0.25, -0.2) is 17.5 Å². The lowest BCUT2D eigenvalue weighted by molar-refractivity contribution is 0.416. The van der Waals surface area contributed by atoms with E-state index in [0.29, 0.717) is 13.0 Å². The van der Waals surface area contributed by atoms with Crippen LogP contribution >= 0.6 is 0 Å². The Morgan fingerprint density at radius 1 is 1.24 bits per heavy atom. The maximum absolute atomic E-state index is 13.9. The lowest BCUT2D eigenvalue weighted by atomic mass is 10.0. The Morgan fingerprint density at radius 2 is 1.90 bits per heavy atom. The molecule has 1 aromatic carbocycles. The van der Waals surface area contributed by atoms with Crippen molar-refractivity contribution in [3.63, 3.8) is 0 Å². The van der Waals surface area contributed by atoms with Crippen molar-refractivity contribution in [3.05, 3.63) is 29.6 Å². The van der Waals surface area contributed by atoms with Crippen LogP contribution in [0.5, 0.6) is 0 Å². The second-order valence-electron chi connectivity index (χ2n) is 5.78. The molecule has 2 N–H and O–H groups in total. The van der Waals surface area contributed by atoms with Crippen LogP contribution in [0.2, 0.25) is 0 Å². The Morgan fingerprint density at radius 3 is 2.48 bits per heavy atom. The summed E-state index contributed by atoms with van der Waals surface area (Å²) in [5.74, 6) is -0.727. The molecule has 0 spiro atoms. The van der Waals surface area contributed by atoms with Crippen molar-refractivity contribution >= 4 is 10.0 Å². The highest BCUT2D eigenvalue weighted by molar-refractivity contribution is 7.89. The minimum atomic E-state index is -3.87. The fourth-order valence-electron chi connectivity index (χ4n) is 2.23. The molecule has 0 amide bonds. The summed E-state index contributed by atoms with van der Waals surface area (Å²) in [7, 11) is -3.87. The maximum atomic E-state index is 13.9. The fraction of sp³-hybridized carbons (Fsp3) is 0.600. The van der Waals surface area contributed by atoms with Crippen molar-refractivity contribution in [2.75, 3.05) is 6.54 Å². The van der Waals surface area contributed by atoms with Gasteiger partial charge in [0.2, 0.25) is 10.0 Å². The maximum Gasteiger partial charge on any atom is 0.243 e. The van der Waals surface area contributed by atoms with Gasteiger partial charge in [-0.05, 0) is 44.5 Å². The van der Waals surface area contributed by atoms with E-state index in [1.54, 1.807) is 19.9 Å². The van der Waals surface area contributed by atoms with Gasteiger partial charge in [-0.1, -0.05) is 26.3 Å². The Labute approximate surface area is 127 Å². The van der Waals surface area contributed by atoms with Crippen molar-refractivity contribution in [1.29, 1.82) is 0 Å². The summed E-state index contributed by atoms with van der Waals surface area (Å²) in [4.78, 5) is -0.290. The number of rotatable bonds is 8. The van der Waals surface area contributed by atoms with Crippen LogP contribution in [0, 0.1) is 5.82 Å². The molecule has 0 heterocycles. The van der Waals surface area contributed by atoms with Crippen LogP contribution < -0.4 is 10.0 Å². The summed E-state index contributed by atoms with van der Waals surface area (Å²) in [5, 5.41) is 3.09. The van der Waals surface area contributed by atoms with Gasteiger partial charge >= 0.3 is 0 Å². The van der Waals surface area contributed by atoms with Gasteiger partial charge in [0, 0.05) is 12.1 Å². The zero-order chi connectivity index (χ0) is 16.1. The van der Waals surface area contributed by atoms with Crippen LogP contribution in [0.4, 0.5) is 4.39 Å². The Balaban J connectivity index is 3.07. The SMILES string of the molecule is CCCC(C)(C)NS(=O)(=O)c1cc(CNCC)ccc1F. The fourth-order valence-corrected chi connectivity index (χ4v) is 3.80. The van der Waals surface area contributed by atoms with Gasteiger partial charge in [-0.2, -0.15) is 0 Å². The average molecular weight is 316 g/mol. The van der Waals surface area contributed by atoms with E-state index in [4.69, 9.17) is 0 Å². The highest BCUT2D eigenvalue weighted by Crippen LogP contribution is 2.20. The first kappa shape index (κ1) is 18.1. The molecule has 0 aliphatic heterocycles. The molecule has 0 saturated carbocycles. The summed E-state index contributed by atoms with van der Waals surface area (Å²) in [6, 6.07) is 4.19. The standard InChI is InChI=1S/C15H25FN2O2S/c1-5-9-15(3,4)18-21(19,20)14-10-12(11-17-6-2)7-8-13(14)16/h7-8,10,17-18H,5-6,9,11H2,1-4H3. The van der Waals surface area contributed by atoms with Crippen LogP contribution in [0.3, 0.4) is 0 Å². The molecule has 0 radical (unpaired) electrons. The second-order valence-corrected chi connectivity index (χ2v) is 7.44. The first-order valence-electron chi connectivity index (χ1n) is 7.25. The van der Waals surface area contributed by atoms with E-state index in [1.165, 1.54) is 12.1 Å². The zero-order valence-corrected chi connectivity index (χ0v) is 14.0. The summed E-state index contributed by atoms with van der Waals surface area (Å²) in [6.45, 7) is 8.81. The number of nitrogens with one attached hydrogen (secondary N) is 2. The van der Waals surface area contributed by atoms with Gasteiger partial charge in [0.15, 0.2) is 0 Å². The van der Waals surface area contributed by atoms with Crippen molar-refractivity contribution in [3.8, 4) is 0 Å². The molecule has 0 fully saturated rings. The minimum absolute atomic E-state index is 0.290. The van der Waals surface area contributed by atoms with Gasteiger partial charge in [0.1, 0.15) is 10.7 Å². The summed E-state index contributed by atoms with van der Waals surface area (Å²) in [6.07, 6.45) is 1.53. The molecule has 1 aromatic rings. The van der Waals surface area contributed by atoms with Gasteiger partial charge in [-0.3, -0.25) is 0 Å². The minimum Gasteiger partial charge on any atom is -0.313 e. The van der Waals surface area contributed by atoms with E-state index < -0.39 is 21.4 Å². The largest absolute Gasteiger partial charge is 0.313 e. The molecular weight excluding hydrogens is 291 g/mol. The monoisotopic (exact) mass is 316 g/mol. The molecule has 0 bridgehead atoms. The number of benzene rings is 1. The molecule has 0 saturated heterocycles. The molecule has 0 aliphatic rings. The number of sulfonamides is 1. The molecule has 21 heavy (non-hydrogen) atoms. The van der Waals surface area contributed by atoms with Crippen molar-refractivity contribution in [2.24, 2.45) is 0 Å². The first-order valence-corrected chi connectivity index (χ1v) is 8.73. The molecule has 6 heteroatoms. The third-order valence-electron chi connectivity index (χ3n) is 3.15. The Bertz CT molecular complexity index is 571. The first-order chi connectivity index (χ1) is 9.72. The lowest BCUT2D eigenvalue weighted by Crippen LogP contribution is -2.43. The molecule has 1 rings (SSSR count). The molecular formula is C15H25FN2O2S. The Kier molecular flexibility index (Phi) is 6.31. The lowest BCUT2D eigenvalue weighted by Gasteiger charge is -2.25. The average Bonchev–Trinajstić information content (AvgIpc) is 2.36. The molecule has 0 unspecified atom stereocenters. The van der Waals surface area contributed by atoms with E-state index in [1.807, 2.05) is 13.8 Å². The second kappa shape index (κ2) is 7.33. The van der Waals surface area contributed by atoms with Crippen molar-refractivity contribution in [1.82, 2.24) is 10.0 Å². The topological polar surface area (TPSA) is 58.2 Å². The van der Waals surface area contributed by atoms with Crippen molar-refractivity contribution in [2.45, 2.75) is 57.5 Å². The highest BCUT2D eigenvalue weighted by atomic mass is 32.2. The number of halogens is 1. The van der Waals surface area contributed by atoms with Crippen LogP contribution in [-0.4, -0.2) is 20.5 Å². The highest BCUT2D eigenvalue weighted by Gasteiger charge is 2.27. The van der Waals surface area contributed by atoms with Gasteiger partial charge in [0.25, 0.3) is 0 Å². The van der Waals surface area contributed by atoms with Crippen LogP contribution in [0.1, 0.15) is 46.1 Å². The summed E-state index contributed by atoms with van der Waals surface area (Å²) in [5.41, 5.74) is 0.143. The van der Waals surface area contributed by atoms with Gasteiger partial charge in [0.05, 0.1) is 0 Å². The predicted molar refractivity (Wildman–Crippen MR) is 83.1 cm³/mol. The Hall–Kier alpha value is -0.980. The normalized spacial score (nSPS) is 12.6. The molecule has 120 valence electrons. The van der Waals surface area contributed by atoms with E-state index in [0.717, 1.165) is 18.5 Å². The van der Waals surface area contributed by atoms with E-state index in [-0.39, 0.29) is 4.90 Å². The number of hydrogen-bond acceptors (Lipinski definition) is 3. The van der Waals surface area contributed by atoms with Gasteiger partial charge < -0.3 is 5.32 Å². The van der Waals surface area contributed by atoms with E-state index in [2.05, 4.69) is 10.0 Å². The van der Waals surface area contributed by atoms with E-state index in [9.17, 15) is 12.8 Å². The van der Waals surface area contributed by atoms with Crippen LogP contribution in [0.15, 0.2) is 23.1 Å². The molecule has 0 atom stereocenters. The summed E-state index contributed by atoms with van der Waals surface area (Å²) < 4.78 is 41.3. The summed E-state index contributed by atoms with van der Waals surface area (Å²) >= 11 is 0. The quantitative estimate of drug-likeness (QED) is 0.775. The van der Waals surface area contributed by atoms with Crippen LogP contribution in [-0.2, 0) is 16.6 Å². The zero-order valence-electron chi connectivity index (χ0n) is 13.2. The van der Waals surface area contributed by atoms with Gasteiger partial charge in [-0.15, -0.1) is 0 Å². The predicted octanol–water partition coefficient (Wildman–Crippen LogP) is 2.79. The number of hydrogen-bond donors (Lipinski definition) is 2. The third-order valence-corrected chi connectivity index (χ3v) is 4.86. The third kappa shape index (κ3) is 5.37.